The van der Waals surface area contributed by atoms with E-state index in [9.17, 15) is 9.59 Å². The lowest BCUT2D eigenvalue weighted by atomic mass is 9.96. The summed E-state index contributed by atoms with van der Waals surface area (Å²) in [6, 6.07) is 12.4. The number of nitrogens with zero attached hydrogens (tertiary/aromatic N) is 2. The van der Waals surface area contributed by atoms with Gasteiger partial charge in [0.1, 0.15) is 5.76 Å². The zero-order valence-corrected chi connectivity index (χ0v) is 16.2. The van der Waals surface area contributed by atoms with E-state index in [-0.39, 0.29) is 12.2 Å². The standard InChI is InChI=1S/C21H18N2O4S/c1-3-26-20(25)17-13(2)22-21-23(18(17)14-8-5-4-6-9-14)19(24)16(28-21)12-15-10-7-11-27-15/h4-12,18H,3H2,1-2H3/b16-12-/t18-/m0/s1. The number of benzene rings is 1. The summed E-state index contributed by atoms with van der Waals surface area (Å²) in [5, 5.41) is 0. The van der Waals surface area contributed by atoms with Crippen molar-refractivity contribution in [2.45, 2.75) is 19.9 Å². The fourth-order valence-electron chi connectivity index (χ4n) is 3.24. The van der Waals surface area contributed by atoms with Crippen LogP contribution in [0.15, 0.2) is 74.2 Å². The number of fused-ring (bicyclic) bond motifs is 1. The van der Waals surface area contributed by atoms with Crippen LogP contribution < -0.4 is 14.9 Å². The normalized spacial score (nSPS) is 16.6. The molecule has 0 unspecified atom stereocenters. The molecule has 142 valence electrons. The van der Waals surface area contributed by atoms with Crippen LogP contribution in [-0.2, 0) is 9.53 Å². The van der Waals surface area contributed by atoms with E-state index in [2.05, 4.69) is 4.99 Å². The second kappa shape index (κ2) is 7.44. The van der Waals surface area contributed by atoms with E-state index in [4.69, 9.17) is 9.15 Å². The lowest BCUT2D eigenvalue weighted by molar-refractivity contribution is -0.139. The van der Waals surface area contributed by atoms with Gasteiger partial charge in [-0.1, -0.05) is 41.7 Å². The molecule has 6 nitrogen and oxygen atoms in total. The zero-order chi connectivity index (χ0) is 19.7. The van der Waals surface area contributed by atoms with Crippen molar-refractivity contribution >= 4 is 23.4 Å². The molecule has 2 aromatic heterocycles. The molecular formula is C21H18N2O4S. The summed E-state index contributed by atoms with van der Waals surface area (Å²) >= 11 is 1.27. The third kappa shape index (κ3) is 3.14. The second-order valence-corrected chi connectivity index (χ2v) is 7.24. The van der Waals surface area contributed by atoms with Crippen molar-refractivity contribution in [3.05, 3.63) is 91.0 Å². The van der Waals surface area contributed by atoms with Crippen LogP contribution in [0.2, 0.25) is 0 Å². The van der Waals surface area contributed by atoms with Crippen molar-refractivity contribution in [3.63, 3.8) is 0 Å². The van der Waals surface area contributed by atoms with E-state index < -0.39 is 12.0 Å². The summed E-state index contributed by atoms with van der Waals surface area (Å²) in [6.45, 7) is 3.77. The third-order valence-corrected chi connectivity index (χ3v) is 5.43. The summed E-state index contributed by atoms with van der Waals surface area (Å²) in [4.78, 5) is 31.0. The Bertz CT molecular complexity index is 1220. The van der Waals surface area contributed by atoms with Gasteiger partial charge < -0.3 is 9.15 Å². The van der Waals surface area contributed by atoms with Crippen molar-refractivity contribution in [3.8, 4) is 0 Å². The van der Waals surface area contributed by atoms with Crippen molar-refractivity contribution in [2.24, 2.45) is 4.99 Å². The van der Waals surface area contributed by atoms with Gasteiger partial charge in [0.05, 0.1) is 34.7 Å². The monoisotopic (exact) mass is 394 g/mol. The Hall–Kier alpha value is -3.19. The minimum absolute atomic E-state index is 0.219. The Balaban J connectivity index is 1.97. The molecule has 1 aliphatic rings. The van der Waals surface area contributed by atoms with Gasteiger partial charge in [0, 0.05) is 6.08 Å². The Kier molecular flexibility index (Phi) is 4.83. The van der Waals surface area contributed by atoms with Crippen LogP contribution in [0.25, 0.3) is 6.08 Å². The van der Waals surface area contributed by atoms with Crippen LogP contribution in [0.1, 0.15) is 31.2 Å². The lowest BCUT2D eigenvalue weighted by Gasteiger charge is -2.24. The summed E-state index contributed by atoms with van der Waals surface area (Å²) in [5.41, 5.74) is 1.54. The SMILES string of the molecule is CCOC(=O)C1=C(C)N=c2s/c(=C\c3ccco3)c(=O)n2[C@H]1c1ccccc1. The molecule has 1 atom stereocenters. The van der Waals surface area contributed by atoms with Gasteiger partial charge in [-0.25, -0.2) is 9.79 Å². The molecule has 1 aliphatic heterocycles. The van der Waals surface area contributed by atoms with Gasteiger partial charge in [0.25, 0.3) is 5.56 Å². The Labute approximate surface area is 164 Å². The first-order valence-electron chi connectivity index (χ1n) is 8.88. The van der Waals surface area contributed by atoms with Crippen molar-refractivity contribution in [1.82, 2.24) is 4.57 Å². The smallest absolute Gasteiger partial charge is 0.338 e. The van der Waals surface area contributed by atoms with Crippen LogP contribution in [0, 0.1) is 0 Å². The Morgan fingerprint density at radius 1 is 1.29 bits per heavy atom. The predicted octanol–water partition coefficient (Wildman–Crippen LogP) is 2.39. The second-order valence-electron chi connectivity index (χ2n) is 6.23. The average Bonchev–Trinajstić information content (AvgIpc) is 3.30. The number of aromatic nitrogens is 1. The van der Waals surface area contributed by atoms with Crippen LogP contribution in [-0.4, -0.2) is 17.1 Å². The molecule has 0 amide bonds. The average molecular weight is 394 g/mol. The maximum atomic E-state index is 13.2. The van der Waals surface area contributed by atoms with E-state index in [0.717, 1.165) is 5.56 Å². The van der Waals surface area contributed by atoms with Crippen LogP contribution >= 0.6 is 11.3 Å². The van der Waals surface area contributed by atoms with Gasteiger partial charge in [-0.3, -0.25) is 9.36 Å². The number of carbonyl (C=O) groups excluding carboxylic acids is 1. The van der Waals surface area contributed by atoms with Crippen molar-refractivity contribution in [1.29, 1.82) is 0 Å². The largest absolute Gasteiger partial charge is 0.465 e. The van der Waals surface area contributed by atoms with E-state index in [1.54, 1.807) is 42.9 Å². The molecule has 0 aliphatic carbocycles. The molecule has 1 aromatic carbocycles. The molecule has 0 radical (unpaired) electrons. The molecule has 0 bridgehead atoms. The molecule has 0 spiro atoms. The first-order chi connectivity index (χ1) is 13.6. The van der Waals surface area contributed by atoms with Crippen molar-refractivity contribution < 1.29 is 13.9 Å². The maximum Gasteiger partial charge on any atom is 0.338 e. The topological polar surface area (TPSA) is 73.8 Å². The molecular weight excluding hydrogens is 376 g/mol. The highest BCUT2D eigenvalue weighted by atomic mass is 32.1. The van der Waals surface area contributed by atoms with Gasteiger partial charge in [-0.05, 0) is 31.5 Å². The van der Waals surface area contributed by atoms with Gasteiger partial charge in [0.2, 0.25) is 0 Å². The highest BCUT2D eigenvalue weighted by molar-refractivity contribution is 7.07. The van der Waals surface area contributed by atoms with Crippen LogP contribution in [0.4, 0.5) is 0 Å². The number of hydrogen-bond donors (Lipinski definition) is 0. The maximum absolute atomic E-state index is 13.2. The summed E-state index contributed by atoms with van der Waals surface area (Å²) < 4.78 is 12.7. The zero-order valence-electron chi connectivity index (χ0n) is 15.4. The van der Waals surface area contributed by atoms with Crippen molar-refractivity contribution in [2.75, 3.05) is 6.61 Å². The highest BCUT2D eigenvalue weighted by Gasteiger charge is 2.33. The first-order valence-corrected chi connectivity index (χ1v) is 9.70. The molecule has 3 heterocycles. The quantitative estimate of drug-likeness (QED) is 0.637. The first kappa shape index (κ1) is 18.2. The minimum atomic E-state index is -0.588. The van der Waals surface area contributed by atoms with Gasteiger partial charge in [0.15, 0.2) is 4.80 Å². The number of thiazole rings is 1. The fraction of sp³-hybridized carbons (Fsp3) is 0.190. The van der Waals surface area contributed by atoms with E-state index in [1.165, 1.54) is 11.3 Å². The molecule has 0 N–H and O–H groups in total. The number of esters is 1. The van der Waals surface area contributed by atoms with Crippen LogP contribution in [0.3, 0.4) is 0 Å². The van der Waals surface area contributed by atoms with Gasteiger partial charge in [-0.15, -0.1) is 0 Å². The lowest BCUT2D eigenvalue weighted by Crippen LogP contribution is -2.39. The van der Waals surface area contributed by atoms with E-state index >= 15 is 0 Å². The Morgan fingerprint density at radius 3 is 2.75 bits per heavy atom. The van der Waals surface area contributed by atoms with Gasteiger partial charge >= 0.3 is 5.97 Å². The van der Waals surface area contributed by atoms with E-state index in [1.807, 2.05) is 30.3 Å². The summed E-state index contributed by atoms with van der Waals surface area (Å²) in [5.74, 6) is 0.126. The molecule has 3 aromatic rings. The number of carbonyl (C=O) groups is 1. The molecule has 0 saturated carbocycles. The predicted molar refractivity (Wildman–Crippen MR) is 106 cm³/mol. The molecule has 0 fully saturated rings. The number of furan rings is 1. The third-order valence-electron chi connectivity index (χ3n) is 4.45. The molecule has 4 rings (SSSR count). The minimum Gasteiger partial charge on any atom is -0.465 e. The molecule has 28 heavy (non-hydrogen) atoms. The fourth-order valence-corrected chi connectivity index (χ4v) is 4.27. The van der Waals surface area contributed by atoms with Gasteiger partial charge in [-0.2, -0.15) is 0 Å². The number of ether oxygens (including phenoxy) is 1. The number of hydrogen-bond acceptors (Lipinski definition) is 6. The number of allylic oxidation sites excluding steroid dienone is 1. The Morgan fingerprint density at radius 2 is 2.07 bits per heavy atom. The molecule has 0 saturated heterocycles. The van der Waals surface area contributed by atoms with E-state index in [0.29, 0.717) is 26.4 Å². The summed E-state index contributed by atoms with van der Waals surface area (Å²) in [7, 11) is 0. The highest BCUT2D eigenvalue weighted by Crippen LogP contribution is 2.30. The summed E-state index contributed by atoms with van der Waals surface area (Å²) in [6.07, 6.45) is 3.24. The van der Waals surface area contributed by atoms with Crippen LogP contribution in [0.5, 0.6) is 0 Å². The number of rotatable bonds is 4. The molecule has 7 heteroatoms.